The second kappa shape index (κ2) is 10.1. The normalized spacial score (nSPS) is 18.8. The van der Waals surface area contributed by atoms with Crippen LogP contribution in [0.5, 0.6) is 5.75 Å². The largest absolute Gasteiger partial charge is 0.496 e. The Labute approximate surface area is 200 Å². The fourth-order valence-electron chi connectivity index (χ4n) is 4.67. The van der Waals surface area contributed by atoms with Crippen molar-refractivity contribution in [2.75, 3.05) is 33.3 Å². The van der Waals surface area contributed by atoms with Gasteiger partial charge in [-0.1, -0.05) is 18.2 Å². The van der Waals surface area contributed by atoms with Crippen molar-refractivity contribution in [3.63, 3.8) is 0 Å². The number of aliphatic hydroxyl groups is 1. The second-order valence-electron chi connectivity index (χ2n) is 9.69. The minimum atomic E-state index is -0.983. The van der Waals surface area contributed by atoms with Crippen molar-refractivity contribution in [1.82, 2.24) is 21.1 Å². The molecule has 8 nitrogen and oxygen atoms in total. The van der Waals surface area contributed by atoms with Crippen molar-refractivity contribution in [1.29, 1.82) is 0 Å². The molecule has 182 valence electrons. The molecule has 0 bridgehead atoms. The molecule has 2 aromatic rings. The molecule has 2 fully saturated rings. The van der Waals surface area contributed by atoms with E-state index in [4.69, 9.17) is 4.74 Å². The number of benzene rings is 2. The van der Waals surface area contributed by atoms with Crippen LogP contribution in [-0.2, 0) is 0 Å². The molecule has 0 radical (unpaired) electrons. The van der Waals surface area contributed by atoms with Crippen LogP contribution in [0.2, 0.25) is 0 Å². The predicted molar refractivity (Wildman–Crippen MR) is 130 cm³/mol. The highest BCUT2D eigenvalue weighted by molar-refractivity contribution is 5.96. The highest BCUT2D eigenvalue weighted by atomic mass is 16.5. The molecule has 0 spiro atoms. The summed E-state index contributed by atoms with van der Waals surface area (Å²) in [6.45, 7) is 5.76. The van der Waals surface area contributed by atoms with Crippen LogP contribution >= 0.6 is 0 Å². The molecule has 2 saturated heterocycles. The molecule has 0 aromatic heterocycles. The zero-order chi connectivity index (χ0) is 24.3. The third kappa shape index (κ3) is 5.41. The number of hydrogen-bond acceptors (Lipinski definition) is 6. The van der Waals surface area contributed by atoms with Crippen LogP contribution in [0.1, 0.15) is 70.5 Å². The zero-order valence-corrected chi connectivity index (χ0v) is 20.1. The van der Waals surface area contributed by atoms with E-state index in [1.54, 1.807) is 27.0 Å². The number of nitrogens with one attached hydrogen (secondary N) is 3. The van der Waals surface area contributed by atoms with Crippen molar-refractivity contribution in [2.24, 2.45) is 0 Å². The summed E-state index contributed by atoms with van der Waals surface area (Å²) in [4.78, 5) is 28.0. The second-order valence-corrected chi connectivity index (χ2v) is 9.69. The number of rotatable bonds is 7. The average molecular weight is 467 g/mol. The molecule has 0 aliphatic carbocycles. The molecule has 4 rings (SSSR count). The quantitative estimate of drug-likeness (QED) is 0.500. The molecule has 4 N–H and O–H groups in total. The van der Waals surface area contributed by atoms with Crippen molar-refractivity contribution >= 4 is 11.8 Å². The fourth-order valence-corrected chi connectivity index (χ4v) is 4.67. The lowest BCUT2D eigenvalue weighted by Gasteiger charge is -2.26. The maximum Gasteiger partial charge on any atom is 0.254 e. The number of ether oxygens (including phenoxy) is 1. The fraction of sp³-hybridized carbons (Fsp3) is 0.462. The maximum absolute atomic E-state index is 13.5. The number of nitrogens with zero attached hydrogens (tertiary/aromatic N) is 1. The third-order valence-corrected chi connectivity index (χ3v) is 6.47. The van der Waals surface area contributed by atoms with E-state index in [0.717, 1.165) is 42.8 Å². The van der Waals surface area contributed by atoms with Gasteiger partial charge in [0.15, 0.2) is 0 Å². The minimum absolute atomic E-state index is 0.0353. The number of carbonyl (C=O) groups excluding carboxylic acids is 2. The number of likely N-dealkylation sites (tertiary alicyclic amines) is 1. The Bertz CT molecular complexity index is 1040. The van der Waals surface area contributed by atoms with Gasteiger partial charge in [-0.15, -0.1) is 0 Å². The molecule has 34 heavy (non-hydrogen) atoms. The van der Waals surface area contributed by atoms with Gasteiger partial charge < -0.3 is 20.1 Å². The van der Waals surface area contributed by atoms with E-state index in [2.05, 4.69) is 16.2 Å². The Balaban J connectivity index is 1.52. The van der Waals surface area contributed by atoms with Crippen molar-refractivity contribution in [3.8, 4) is 5.75 Å². The molecule has 2 aromatic carbocycles. The topological polar surface area (TPSA) is 103 Å². The zero-order valence-electron chi connectivity index (χ0n) is 20.1. The van der Waals surface area contributed by atoms with Crippen molar-refractivity contribution < 1.29 is 19.4 Å². The van der Waals surface area contributed by atoms with Crippen LogP contribution in [0.15, 0.2) is 42.5 Å². The molecule has 2 aliphatic rings. The summed E-state index contributed by atoms with van der Waals surface area (Å²) in [5.41, 5.74) is 8.43. The molecule has 8 heteroatoms. The lowest BCUT2D eigenvalue weighted by atomic mass is 9.97. The van der Waals surface area contributed by atoms with Gasteiger partial charge >= 0.3 is 0 Å². The van der Waals surface area contributed by atoms with Crippen LogP contribution in [0.25, 0.3) is 0 Å². The van der Waals surface area contributed by atoms with Crippen LogP contribution in [-0.4, -0.2) is 60.7 Å². The van der Waals surface area contributed by atoms with Crippen LogP contribution in [0.3, 0.4) is 0 Å². The summed E-state index contributed by atoms with van der Waals surface area (Å²) in [5.74, 6) is 0.745. The van der Waals surface area contributed by atoms with E-state index in [0.29, 0.717) is 23.6 Å². The van der Waals surface area contributed by atoms with Gasteiger partial charge in [-0.25, -0.2) is 0 Å². The summed E-state index contributed by atoms with van der Waals surface area (Å²) in [6.07, 6.45) is 1.75. The van der Waals surface area contributed by atoms with Crippen molar-refractivity contribution in [3.05, 3.63) is 64.7 Å². The first-order valence-electron chi connectivity index (χ1n) is 11.8. The van der Waals surface area contributed by atoms with Gasteiger partial charge in [0.25, 0.3) is 11.8 Å². The summed E-state index contributed by atoms with van der Waals surface area (Å²) in [7, 11) is 1.63. The minimum Gasteiger partial charge on any atom is -0.496 e. The van der Waals surface area contributed by atoms with E-state index in [9.17, 15) is 14.7 Å². The first-order valence-corrected chi connectivity index (χ1v) is 11.8. The molecule has 2 aliphatic heterocycles. The number of carbonyl (C=O) groups is 2. The van der Waals surface area contributed by atoms with Crippen LogP contribution in [0, 0.1) is 0 Å². The van der Waals surface area contributed by atoms with E-state index in [1.165, 1.54) is 0 Å². The molecular formula is C26H34N4O4. The van der Waals surface area contributed by atoms with Gasteiger partial charge in [-0.2, -0.15) is 0 Å². The van der Waals surface area contributed by atoms with Gasteiger partial charge in [-0.3, -0.25) is 20.4 Å². The van der Waals surface area contributed by atoms with Gasteiger partial charge in [0.1, 0.15) is 5.75 Å². The smallest absolute Gasteiger partial charge is 0.254 e. The van der Waals surface area contributed by atoms with E-state index in [-0.39, 0.29) is 24.4 Å². The van der Waals surface area contributed by atoms with Gasteiger partial charge in [0.05, 0.1) is 18.8 Å². The number of amides is 2. The standard InChI is InChI=1S/C26H34N4O4/c1-26(2,33)16-27-24(31)18-7-4-6-17(12-18)22-8-5-11-30(22)25(32)19-9-10-21(23(13-19)34-3)20-14-28-29-15-20/h4,6-7,9-10,12-13,20,22,28-29,33H,5,8,11,14-16H2,1-3H3,(H,27,31)/t22-/m1/s1. The van der Waals surface area contributed by atoms with Gasteiger partial charge in [0.2, 0.25) is 0 Å². The number of hydrogen-bond donors (Lipinski definition) is 4. The predicted octanol–water partition coefficient (Wildman–Crippen LogP) is 2.36. The lowest BCUT2D eigenvalue weighted by Crippen LogP contribution is -2.38. The Kier molecular flexibility index (Phi) is 7.21. The Morgan fingerprint density at radius 1 is 1.15 bits per heavy atom. The summed E-state index contributed by atoms with van der Waals surface area (Å²) >= 11 is 0. The molecule has 1 atom stereocenters. The maximum atomic E-state index is 13.5. The van der Waals surface area contributed by atoms with Gasteiger partial charge in [-0.05, 0) is 62.1 Å². The molecule has 2 amide bonds. The van der Waals surface area contributed by atoms with Crippen molar-refractivity contribution in [2.45, 2.75) is 44.2 Å². The van der Waals surface area contributed by atoms with E-state index >= 15 is 0 Å². The Morgan fingerprint density at radius 3 is 2.62 bits per heavy atom. The van der Waals surface area contributed by atoms with E-state index in [1.807, 2.05) is 41.3 Å². The molecule has 2 heterocycles. The first kappa shape index (κ1) is 24.2. The summed E-state index contributed by atoms with van der Waals surface area (Å²) < 4.78 is 5.62. The lowest BCUT2D eigenvalue weighted by molar-refractivity contribution is 0.0694. The first-order chi connectivity index (χ1) is 16.3. The highest BCUT2D eigenvalue weighted by Gasteiger charge is 2.32. The molecule has 0 unspecified atom stereocenters. The highest BCUT2D eigenvalue weighted by Crippen LogP contribution is 2.35. The molecular weight excluding hydrogens is 432 g/mol. The van der Waals surface area contributed by atoms with Gasteiger partial charge in [0, 0.05) is 43.2 Å². The average Bonchev–Trinajstić information content (AvgIpc) is 3.54. The summed E-state index contributed by atoms with van der Waals surface area (Å²) in [5, 5.41) is 12.7. The summed E-state index contributed by atoms with van der Waals surface area (Å²) in [6, 6.07) is 13.0. The van der Waals surface area contributed by atoms with Crippen LogP contribution in [0.4, 0.5) is 0 Å². The number of hydrazine groups is 1. The molecule has 0 saturated carbocycles. The monoisotopic (exact) mass is 466 g/mol. The van der Waals surface area contributed by atoms with E-state index < -0.39 is 5.60 Å². The Hall–Kier alpha value is -2.94. The van der Waals surface area contributed by atoms with Crippen LogP contribution < -0.4 is 20.9 Å². The Morgan fingerprint density at radius 2 is 1.91 bits per heavy atom. The SMILES string of the molecule is COc1cc(C(=O)N2CCC[C@@H]2c2cccc(C(=O)NCC(C)(C)O)c2)ccc1C1CNNC1. The third-order valence-electron chi connectivity index (χ3n) is 6.47. The number of methoxy groups -OCH3 is 1.